The molecule has 19 heavy (non-hydrogen) atoms. The van der Waals surface area contributed by atoms with Gasteiger partial charge in [0, 0.05) is 12.6 Å². The number of amides is 1. The molecule has 5 heteroatoms. The maximum absolute atomic E-state index is 12.1. The van der Waals surface area contributed by atoms with Gasteiger partial charge in [0.15, 0.2) is 0 Å². The second-order valence-electron chi connectivity index (χ2n) is 5.72. The Bertz CT molecular complexity index is 441. The van der Waals surface area contributed by atoms with E-state index in [-0.39, 0.29) is 17.4 Å². The molecule has 0 radical (unpaired) electrons. The fourth-order valence-electron chi connectivity index (χ4n) is 2.54. The Labute approximate surface area is 114 Å². The van der Waals surface area contributed by atoms with Crippen LogP contribution in [0.3, 0.4) is 0 Å². The van der Waals surface area contributed by atoms with Crippen molar-refractivity contribution < 1.29 is 4.79 Å². The second-order valence-corrected chi connectivity index (χ2v) is 5.72. The number of aromatic nitrogens is 2. The Morgan fingerprint density at radius 3 is 2.74 bits per heavy atom. The minimum absolute atomic E-state index is 0.129. The minimum atomic E-state index is -0.129. The predicted molar refractivity (Wildman–Crippen MR) is 75.1 cm³/mol. The van der Waals surface area contributed by atoms with Gasteiger partial charge >= 0.3 is 0 Å². The first-order valence-corrected chi connectivity index (χ1v) is 6.89. The number of anilines is 1. The topological polar surface area (TPSA) is 66.9 Å². The molecule has 1 unspecified atom stereocenters. The van der Waals surface area contributed by atoms with E-state index in [1.54, 1.807) is 6.20 Å². The fraction of sp³-hybridized carbons (Fsp3) is 0.643. The highest BCUT2D eigenvalue weighted by atomic mass is 16.2. The summed E-state index contributed by atoms with van der Waals surface area (Å²) < 4.78 is 0. The predicted octanol–water partition coefficient (Wildman–Crippen LogP) is 2.22. The Balaban J connectivity index is 2.00. The van der Waals surface area contributed by atoms with E-state index in [1.165, 1.54) is 12.6 Å². The molecule has 1 saturated carbocycles. The van der Waals surface area contributed by atoms with E-state index in [1.807, 2.05) is 6.92 Å². The maximum Gasteiger partial charge on any atom is 0.271 e. The van der Waals surface area contributed by atoms with Crippen molar-refractivity contribution in [2.75, 3.05) is 11.9 Å². The lowest BCUT2D eigenvalue weighted by atomic mass is 9.87. The molecule has 0 aromatic carbocycles. The van der Waals surface area contributed by atoms with Gasteiger partial charge in [-0.15, -0.1) is 0 Å². The molecule has 1 aliphatic carbocycles. The van der Waals surface area contributed by atoms with Crippen molar-refractivity contribution >= 4 is 11.7 Å². The zero-order valence-corrected chi connectivity index (χ0v) is 11.9. The van der Waals surface area contributed by atoms with Crippen LogP contribution in [0.2, 0.25) is 0 Å². The van der Waals surface area contributed by atoms with Gasteiger partial charge in [-0.25, -0.2) is 9.97 Å². The Hall–Kier alpha value is -1.65. The molecule has 5 nitrogen and oxygen atoms in total. The molecule has 1 heterocycles. The normalized spacial score (nSPS) is 21.1. The van der Waals surface area contributed by atoms with E-state index in [0.717, 1.165) is 19.4 Å². The van der Waals surface area contributed by atoms with Gasteiger partial charge < -0.3 is 10.6 Å². The molecule has 1 atom stereocenters. The van der Waals surface area contributed by atoms with E-state index in [2.05, 4.69) is 34.4 Å². The first-order valence-electron chi connectivity index (χ1n) is 6.89. The lowest BCUT2D eigenvalue weighted by molar-refractivity contribution is 0.0904. The van der Waals surface area contributed by atoms with Gasteiger partial charge in [-0.1, -0.05) is 20.3 Å². The second kappa shape index (κ2) is 5.55. The SMILES string of the molecule is CCNc1cnc(C(=O)NC2CCCC2(C)C)cn1. The number of hydrogen-bond donors (Lipinski definition) is 2. The molecule has 1 aromatic heterocycles. The summed E-state index contributed by atoms with van der Waals surface area (Å²) >= 11 is 0. The van der Waals surface area contributed by atoms with Crippen molar-refractivity contribution in [2.24, 2.45) is 5.41 Å². The van der Waals surface area contributed by atoms with Crippen LogP contribution in [-0.4, -0.2) is 28.5 Å². The molecule has 0 saturated heterocycles. The fourth-order valence-corrected chi connectivity index (χ4v) is 2.54. The van der Waals surface area contributed by atoms with Gasteiger partial charge in [0.05, 0.1) is 12.4 Å². The standard InChI is InChI=1S/C14H22N4O/c1-4-15-12-9-16-10(8-17-12)13(19)18-11-6-5-7-14(11,2)3/h8-9,11H,4-7H2,1-3H3,(H,15,17)(H,18,19). The van der Waals surface area contributed by atoms with Crippen LogP contribution in [0.4, 0.5) is 5.82 Å². The van der Waals surface area contributed by atoms with Crippen LogP contribution in [0, 0.1) is 5.41 Å². The summed E-state index contributed by atoms with van der Waals surface area (Å²) in [5.41, 5.74) is 0.552. The van der Waals surface area contributed by atoms with Crippen molar-refractivity contribution in [1.82, 2.24) is 15.3 Å². The smallest absolute Gasteiger partial charge is 0.271 e. The van der Waals surface area contributed by atoms with Gasteiger partial charge in [0.2, 0.25) is 0 Å². The van der Waals surface area contributed by atoms with Crippen LogP contribution in [0.25, 0.3) is 0 Å². The van der Waals surface area contributed by atoms with Crippen molar-refractivity contribution in [3.63, 3.8) is 0 Å². The lowest BCUT2D eigenvalue weighted by Gasteiger charge is -2.27. The Morgan fingerprint density at radius 2 is 2.21 bits per heavy atom. The summed E-state index contributed by atoms with van der Waals surface area (Å²) in [4.78, 5) is 20.4. The summed E-state index contributed by atoms with van der Waals surface area (Å²) in [5, 5.41) is 6.13. The Morgan fingerprint density at radius 1 is 1.42 bits per heavy atom. The van der Waals surface area contributed by atoms with Gasteiger partial charge in [-0.2, -0.15) is 0 Å². The maximum atomic E-state index is 12.1. The molecule has 0 bridgehead atoms. The van der Waals surface area contributed by atoms with Crippen molar-refractivity contribution in [3.05, 3.63) is 18.1 Å². The highest BCUT2D eigenvalue weighted by molar-refractivity contribution is 5.92. The summed E-state index contributed by atoms with van der Waals surface area (Å²) in [6.45, 7) is 7.18. The van der Waals surface area contributed by atoms with E-state index < -0.39 is 0 Å². The molecule has 1 fully saturated rings. The molecular weight excluding hydrogens is 240 g/mol. The minimum Gasteiger partial charge on any atom is -0.369 e. The third-order valence-electron chi connectivity index (χ3n) is 3.80. The first kappa shape index (κ1) is 13.8. The number of rotatable bonds is 4. The zero-order valence-electron chi connectivity index (χ0n) is 11.9. The molecule has 1 amide bonds. The zero-order chi connectivity index (χ0) is 13.9. The molecule has 2 N–H and O–H groups in total. The average Bonchev–Trinajstić information content (AvgIpc) is 2.70. The van der Waals surface area contributed by atoms with Crippen LogP contribution in [0.1, 0.15) is 50.5 Å². The first-order chi connectivity index (χ1) is 9.03. The summed E-state index contributed by atoms with van der Waals surface area (Å²) in [6.07, 6.45) is 6.49. The quantitative estimate of drug-likeness (QED) is 0.873. The summed E-state index contributed by atoms with van der Waals surface area (Å²) in [6, 6.07) is 0.232. The van der Waals surface area contributed by atoms with E-state index in [0.29, 0.717) is 11.5 Å². The average molecular weight is 262 g/mol. The summed E-state index contributed by atoms with van der Waals surface area (Å²) in [5.74, 6) is 0.566. The third-order valence-corrected chi connectivity index (χ3v) is 3.80. The monoisotopic (exact) mass is 262 g/mol. The van der Waals surface area contributed by atoms with Crippen LogP contribution in [-0.2, 0) is 0 Å². The molecule has 104 valence electrons. The largest absolute Gasteiger partial charge is 0.369 e. The van der Waals surface area contributed by atoms with E-state index in [9.17, 15) is 4.79 Å². The lowest BCUT2D eigenvalue weighted by Crippen LogP contribution is -2.41. The highest BCUT2D eigenvalue weighted by Gasteiger charge is 2.35. The number of hydrogen-bond acceptors (Lipinski definition) is 4. The van der Waals surface area contributed by atoms with Crippen molar-refractivity contribution in [1.29, 1.82) is 0 Å². The third kappa shape index (κ3) is 3.22. The van der Waals surface area contributed by atoms with Crippen molar-refractivity contribution in [2.45, 2.75) is 46.1 Å². The molecule has 1 aliphatic rings. The van der Waals surface area contributed by atoms with Crippen LogP contribution in [0.5, 0.6) is 0 Å². The molecule has 2 rings (SSSR count). The van der Waals surface area contributed by atoms with Crippen molar-refractivity contribution in [3.8, 4) is 0 Å². The molecule has 1 aromatic rings. The van der Waals surface area contributed by atoms with Gasteiger partial charge in [-0.05, 0) is 25.2 Å². The highest BCUT2D eigenvalue weighted by Crippen LogP contribution is 2.37. The van der Waals surface area contributed by atoms with Gasteiger partial charge in [0.1, 0.15) is 11.5 Å². The number of nitrogens with one attached hydrogen (secondary N) is 2. The molecule has 0 aliphatic heterocycles. The molecular formula is C14H22N4O. The Kier molecular flexibility index (Phi) is 4.02. The number of carbonyl (C=O) groups excluding carboxylic acids is 1. The van der Waals surface area contributed by atoms with E-state index >= 15 is 0 Å². The van der Waals surface area contributed by atoms with Crippen LogP contribution >= 0.6 is 0 Å². The van der Waals surface area contributed by atoms with Gasteiger partial charge in [-0.3, -0.25) is 4.79 Å². The number of carbonyl (C=O) groups is 1. The van der Waals surface area contributed by atoms with Gasteiger partial charge in [0.25, 0.3) is 5.91 Å². The van der Waals surface area contributed by atoms with E-state index in [4.69, 9.17) is 0 Å². The van der Waals surface area contributed by atoms with Crippen LogP contribution in [0.15, 0.2) is 12.4 Å². The summed E-state index contributed by atoms with van der Waals surface area (Å²) in [7, 11) is 0. The molecule has 0 spiro atoms. The van der Waals surface area contributed by atoms with Crippen LogP contribution < -0.4 is 10.6 Å². The number of nitrogens with zero attached hydrogens (tertiary/aromatic N) is 2.